The molecule has 0 aliphatic carbocycles. The molecule has 156 valence electrons. The van der Waals surface area contributed by atoms with Crippen LogP contribution in [-0.4, -0.2) is 63.9 Å². The fourth-order valence-electron chi connectivity index (χ4n) is 3.30. The number of nitrogens with one attached hydrogen (secondary N) is 1. The zero-order chi connectivity index (χ0) is 20.9. The molecule has 1 amide bonds. The van der Waals surface area contributed by atoms with Gasteiger partial charge in [0.1, 0.15) is 11.6 Å². The zero-order valence-corrected chi connectivity index (χ0v) is 16.6. The van der Waals surface area contributed by atoms with Crippen molar-refractivity contribution in [1.82, 2.24) is 24.8 Å². The van der Waals surface area contributed by atoms with E-state index in [9.17, 15) is 4.79 Å². The smallest absolute Gasteiger partial charge is 0.289 e. The van der Waals surface area contributed by atoms with Crippen LogP contribution in [0.4, 0.5) is 17.6 Å². The number of methoxy groups -OCH3 is 1. The number of carbonyl (C=O) groups excluding carboxylic acids is 1. The average Bonchev–Trinajstić information content (AvgIpc) is 3.29. The second kappa shape index (κ2) is 8.78. The van der Waals surface area contributed by atoms with Gasteiger partial charge in [-0.15, -0.1) is 0 Å². The largest absolute Gasteiger partial charge is 0.495 e. The van der Waals surface area contributed by atoms with E-state index in [0.29, 0.717) is 56.0 Å². The first-order valence-corrected chi connectivity index (χ1v) is 9.58. The van der Waals surface area contributed by atoms with Crippen LogP contribution in [-0.2, 0) is 6.54 Å². The summed E-state index contributed by atoms with van der Waals surface area (Å²) in [5, 5.41) is 3.13. The number of carbonyl (C=O) groups is 1. The van der Waals surface area contributed by atoms with E-state index in [1.165, 1.54) is 6.26 Å². The number of ether oxygens (including phenoxy) is 1. The van der Waals surface area contributed by atoms with E-state index in [1.807, 2.05) is 24.3 Å². The van der Waals surface area contributed by atoms with Gasteiger partial charge in [0, 0.05) is 26.2 Å². The third-order valence-corrected chi connectivity index (χ3v) is 4.81. The standard InChI is InChI=1S/C20H23N7O3/c1-29-15-6-3-2-5-14(15)22-20-24-17(23-19(21)25-20)13-26-8-10-27(11-9-26)18(28)16-7-4-12-30-16/h2-7,12H,8-11,13H2,1H3,(H3,21,22,23,24,25). The zero-order valence-electron chi connectivity index (χ0n) is 16.6. The summed E-state index contributed by atoms with van der Waals surface area (Å²) in [6.07, 6.45) is 1.51. The van der Waals surface area contributed by atoms with Crippen LogP contribution in [0.3, 0.4) is 0 Å². The van der Waals surface area contributed by atoms with Crippen molar-refractivity contribution in [3.63, 3.8) is 0 Å². The van der Waals surface area contributed by atoms with Crippen molar-refractivity contribution in [2.24, 2.45) is 0 Å². The molecular formula is C20H23N7O3. The number of aromatic nitrogens is 3. The maximum atomic E-state index is 12.4. The fraction of sp³-hybridized carbons (Fsp3) is 0.300. The molecule has 0 radical (unpaired) electrons. The number of nitrogen functional groups attached to an aromatic ring is 1. The highest BCUT2D eigenvalue weighted by molar-refractivity contribution is 5.91. The summed E-state index contributed by atoms with van der Waals surface area (Å²) in [6, 6.07) is 10.9. The van der Waals surface area contributed by atoms with Gasteiger partial charge in [0.2, 0.25) is 11.9 Å². The molecule has 2 aromatic heterocycles. The molecule has 0 bridgehead atoms. The number of para-hydroxylation sites is 2. The Morgan fingerprint density at radius 1 is 1.13 bits per heavy atom. The molecule has 10 heteroatoms. The maximum Gasteiger partial charge on any atom is 0.289 e. The molecule has 1 saturated heterocycles. The van der Waals surface area contributed by atoms with Crippen LogP contribution >= 0.6 is 0 Å². The first-order valence-electron chi connectivity index (χ1n) is 9.58. The molecule has 4 rings (SSSR count). The summed E-state index contributed by atoms with van der Waals surface area (Å²) >= 11 is 0. The Morgan fingerprint density at radius 3 is 2.67 bits per heavy atom. The molecule has 0 atom stereocenters. The van der Waals surface area contributed by atoms with Crippen LogP contribution in [0.25, 0.3) is 0 Å². The quantitative estimate of drug-likeness (QED) is 0.627. The van der Waals surface area contributed by atoms with Crippen molar-refractivity contribution >= 4 is 23.5 Å². The Bertz CT molecular complexity index is 1000. The van der Waals surface area contributed by atoms with Crippen molar-refractivity contribution in [3.8, 4) is 5.75 Å². The van der Waals surface area contributed by atoms with Gasteiger partial charge in [0.05, 0.1) is 25.6 Å². The van der Waals surface area contributed by atoms with Gasteiger partial charge in [0.25, 0.3) is 5.91 Å². The second-order valence-electron chi connectivity index (χ2n) is 6.80. The van der Waals surface area contributed by atoms with Gasteiger partial charge in [-0.3, -0.25) is 9.69 Å². The van der Waals surface area contributed by atoms with E-state index in [0.717, 1.165) is 5.69 Å². The predicted molar refractivity (Wildman–Crippen MR) is 110 cm³/mol. The molecule has 1 aromatic carbocycles. The molecule has 3 aromatic rings. The molecule has 1 fully saturated rings. The number of furan rings is 1. The molecule has 1 aliphatic heterocycles. The van der Waals surface area contributed by atoms with Gasteiger partial charge in [0.15, 0.2) is 5.76 Å². The lowest BCUT2D eigenvalue weighted by Crippen LogP contribution is -2.48. The monoisotopic (exact) mass is 409 g/mol. The van der Waals surface area contributed by atoms with E-state index in [-0.39, 0.29) is 11.9 Å². The first kappa shape index (κ1) is 19.6. The summed E-state index contributed by atoms with van der Waals surface area (Å²) in [6.45, 7) is 3.12. The van der Waals surface area contributed by atoms with Crippen LogP contribution in [0, 0.1) is 0 Å². The van der Waals surface area contributed by atoms with Crippen molar-refractivity contribution in [2.45, 2.75) is 6.54 Å². The molecule has 0 spiro atoms. The Hall–Kier alpha value is -3.66. The minimum absolute atomic E-state index is 0.0904. The Labute approximate surface area is 173 Å². The van der Waals surface area contributed by atoms with Gasteiger partial charge >= 0.3 is 0 Å². The van der Waals surface area contributed by atoms with Gasteiger partial charge in [-0.25, -0.2) is 0 Å². The SMILES string of the molecule is COc1ccccc1Nc1nc(N)nc(CN2CCN(C(=O)c3ccco3)CC2)n1. The lowest BCUT2D eigenvalue weighted by molar-refractivity contribution is 0.0595. The van der Waals surface area contributed by atoms with E-state index in [1.54, 1.807) is 24.1 Å². The van der Waals surface area contributed by atoms with E-state index >= 15 is 0 Å². The van der Waals surface area contributed by atoms with Crippen LogP contribution in [0.15, 0.2) is 47.1 Å². The topological polar surface area (TPSA) is 123 Å². The molecule has 10 nitrogen and oxygen atoms in total. The number of piperazine rings is 1. The van der Waals surface area contributed by atoms with E-state index in [2.05, 4.69) is 25.2 Å². The van der Waals surface area contributed by atoms with Gasteiger partial charge in [-0.05, 0) is 24.3 Å². The Kier molecular flexibility index (Phi) is 5.75. The van der Waals surface area contributed by atoms with Crippen molar-refractivity contribution in [3.05, 3.63) is 54.2 Å². The van der Waals surface area contributed by atoms with Crippen LogP contribution in [0.1, 0.15) is 16.4 Å². The number of hydrogen-bond acceptors (Lipinski definition) is 9. The van der Waals surface area contributed by atoms with Crippen molar-refractivity contribution in [2.75, 3.05) is 44.3 Å². The molecule has 3 N–H and O–H groups in total. The third kappa shape index (κ3) is 4.49. The normalized spacial score (nSPS) is 14.5. The fourth-order valence-corrected chi connectivity index (χ4v) is 3.30. The van der Waals surface area contributed by atoms with Crippen LogP contribution in [0.5, 0.6) is 5.75 Å². The lowest BCUT2D eigenvalue weighted by Gasteiger charge is -2.33. The number of amides is 1. The number of anilines is 3. The highest BCUT2D eigenvalue weighted by atomic mass is 16.5. The van der Waals surface area contributed by atoms with Gasteiger partial charge in [-0.2, -0.15) is 15.0 Å². The number of nitrogens with zero attached hydrogens (tertiary/aromatic N) is 5. The summed E-state index contributed by atoms with van der Waals surface area (Å²) < 4.78 is 10.5. The number of benzene rings is 1. The summed E-state index contributed by atoms with van der Waals surface area (Å²) in [5.74, 6) is 2.01. The maximum absolute atomic E-state index is 12.4. The van der Waals surface area contributed by atoms with Gasteiger partial charge < -0.3 is 25.1 Å². The first-order chi connectivity index (χ1) is 14.6. The summed E-state index contributed by atoms with van der Waals surface area (Å²) in [4.78, 5) is 29.3. The van der Waals surface area contributed by atoms with E-state index in [4.69, 9.17) is 14.9 Å². The Balaban J connectivity index is 1.39. The summed E-state index contributed by atoms with van der Waals surface area (Å²) in [7, 11) is 1.60. The highest BCUT2D eigenvalue weighted by Gasteiger charge is 2.24. The van der Waals surface area contributed by atoms with E-state index < -0.39 is 0 Å². The predicted octanol–water partition coefficient (Wildman–Crippen LogP) is 1.76. The average molecular weight is 409 g/mol. The van der Waals surface area contributed by atoms with Crippen LogP contribution in [0.2, 0.25) is 0 Å². The molecule has 1 aliphatic rings. The molecule has 3 heterocycles. The van der Waals surface area contributed by atoms with Crippen LogP contribution < -0.4 is 15.8 Å². The van der Waals surface area contributed by atoms with Gasteiger partial charge in [-0.1, -0.05) is 12.1 Å². The second-order valence-corrected chi connectivity index (χ2v) is 6.80. The Morgan fingerprint density at radius 2 is 1.93 bits per heavy atom. The number of nitrogens with two attached hydrogens (primary N) is 1. The number of hydrogen-bond donors (Lipinski definition) is 2. The molecule has 0 unspecified atom stereocenters. The molecular weight excluding hydrogens is 386 g/mol. The number of rotatable bonds is 6. The third-order valence-electron chi connectivity index (χ3n) is 4.81. The highest BCUT2D eigenvalue weighted by Crippen LogP contribution is 2.25. The molecule has 0 saturated carbocycles. The van der Waals surface area contributed by atoms with Crippen molar-refractivity contribution in [1.29, 1.82) is 0 Å². The summed E-state index contributed by atoms with van der Waals surface area (Å²) in [5.41, 5.74) is 6.63. The van der Waals surface area contributed by atoms with Crippen molar-refractivity contribution < 1.29 is 13.9 Å². The minimum atomic E-state index is -0.0904. The molecule has 30 heavy (non-hydrogen) atoms. The lowest BCUT2D eigenvalue weighted by atomic mass is 10.3. The minimum Gasteiger partial charge on any atom is -0.495 e.